The zero-order valence-corrected chi connectivity index (χ0v) is 16.2. The van der Waals surface area contributed by atoms with Gasteiger partial charge in [-0.05, 0) is 53.3 Å². The van der Waals surface area contributed by atoms with Crippen LogP contribution in [0.4, 0.5) is 0 Å². The average Bonchev–Trinajstić information content (AvgIpc) is 2.69. The van der Waals surface area contributed by atoms with Crippen LogP contribution in [0.25, 0.3) is 6.08 Å². The second kappa shape index (κ2) is 9.36. The molecule has 0 aromatic heterocycles. The van der Waals surface area contributed by atoms with Gasteiger partial charge in [-0.1, -0.05) is 74.5 Å². The maximum atomic E-state index is 9.13. The Hall–Kier alpha value is -2.88. The average molecular weight is 374 g/mol. The molecule has 3 heteroatoms. The molecule has 3 aromatic carbocycles. The summed E-state index contributed by atoms with van der Waals surface area (Å²) in [5.74, 6) is 2.17. The Morgan fingerprint density at radius 3 is 2.14 bits per heavy atom. The molecule has 3 aromatic rings. The van der Waals surface area contributed by atoms with Gasteiger partial charge < -0.3 is 14.9 Å². The highest BCUT2D eigenvalue weighted by atomic mass is 16.5. The summed E-state index contributed by atoms with van der Waals surface area (Å²) in [5, 5.41) is 18.3. The minimum Gasteiger partial charge on any atom is -0.457 e. The van der Waals surface area contributed by atoms with Crippen LogP contribution in [0, 0.1) is 0 Å². The number of rotatable bonds is 7. The third-order valence-electron chi connectivity index (χ3n) is 4.58. The summed E-state index contributed by atoms with van der Waals surface area (Å²) in [6, 6.07) is 23.5. The van der Waals surface area contributed by atoms with Crippen LogP contribution in [0.2, 0.25) is 0 Å². The molecule has 0 aliphatic heterocycles. The third kappa shape index (κ3) is 5.56. The van der Waals surface area contributed by atoms with Crippen molar-refractivity contribution in [2.45, 2.75) is 32.5 Å². The number of hydrogen-bond donors (Lipinski definition) is 2. The van der Waals surface area contributed by atoms with Gasteiger partial charge in [0.15, 0.2) is 6.29 Å². The molecule has 0 fully saturated rings. The first-order chi connectivity index (χ1) is 13.5. The molecule has 0 saturated heterocycles. The van der Waals surface area contributed by atoms with Crippen molar-refractivity contribution in [3.8, 4) is 11.5 Å². The fraction of sp³-hybridized carbons (Fsp3) is 0.200. The molecule has 0 saturated carbocycles. The molecule has 0 unspecified atom stereocenters. The van der Waals surface area contributed by atoms with E-state index >= 15 is 0 Å². The third-order valence-corrected chi connectivity index (χ3v) is 4.58. The van der Waals surface area contributed by atoms with Crippen molar-refractivity contribution in [2.75, 3.05) is 0 Å². The van der Waals surface area contributed by atoms with Crippen LogP contribution >= 0.6 is 0 Å². The Balaban J connectivity index is 1.61. The molecule has 0 bridgehead atoms. The fourth-order valence-electron chi connectivity index (χ4n) is 2.90. The summed E-state index contributed by atoms with van der Waals surface area (Å²) >= 11 is 0. The molecule has 0 atom stereocenters. The molecule has 144 valence electrons. The number of ether oxygens (including phenoxy) is 1. The normalized spacial score (nSPS) is 11.5. The Morgan fingerprint density at radius 2 is 1.50 bits per heavy atom. The first-order valence-electron chi connectivity index (χ1n) is 9.50. The summed E-state index contributed by atoms with van der Waals surface area (Å²) < 4.78 is 5.98. The van der Waals surface area contributed by atoms with Crippen LogP contribution < -0.4 is 4.74 Å². The van der Waals surface area contributed by atoms with Gasteiger partial charge in [0.1, 0.15) is 11.5 Å². The van der Waals surface area contributed by atoms with E-state index in [1.165, 1.54) is 5.56 Å². The molecule has 3 nitrogen and oxygen atoms in total. The Morgan fingerprint density at radius 1 is 0.821 bits per heavy atom. The van der Waals surface area contributed by atoms with Crippen LogP contribution in [0.3, 0.4) is 0 Å². The van der Waals surface area contributed by atoms with Gasteiger partial charge in [-0.2, -0.15) is 0 Å². The van der Waals surface area contributed by atoms with E-state index in [9.17, 15) is 0 Å². The van der Waals surface area contributed by atoms with E-state index in [-0.39, 0.29) is 0 Å². The van der Waals surface area contributed by atoms with Crippen molar-refractivity contribution < 1.29 is 14.9 Å². The second-order valence-corrected chi connectivity index (χ2v) is 7.12. The van der Waals surface area contributed by atoms with Gasteiger partial charge in [-0.15, -0.1) is 0 Å². The SMILES string of the molecule is CC(C)c1ccc(Oc2cccc(C/C=C/c3ccc(C(O)O)cc3)c2)cc1. The summed E-state index contributed by atoms with van der Waals surface area (Å²) in [6.45, 7) is 4.36. The molecule has 3 rings (SSSR count). The monoisotopic (exact) mass is 374 g/mol. The van der Waals surface area contributed by atoms with Crippen molar-refractivity contribution in [1.29, 1.82) is 0 Å². The predicted octanol–water partition coefficient (Wildman–Crippen LogP) is 5.84. The highest BCUT2D eigenvalue weighted by Gasteiger charge is 2.02. The van der Waals surface area contributed by atoms with Gasteiger partial charge in [0, 0.05) is 5.56 Å². The van der Waals surface area contributed by atoms with E-state index in [0.717, 1.165) is 29.0 Å². The molecule has 0 aliphatic rings. The molecule has 0 aliphatic carbocycles. The van der Waals surface area contributed by atoms with Crippen molar-refractivity contribution in [2.24, 2.45) is 0 Å². The largest absolute Gasteiger partial charge is 0.457 e. The van der Waals surface area contributed by atoms with Crippen LogP contribution in [-0.4, -0.2) is 10.2 Å². The number of aliphatic hydroxyl groups excluding tert-OH is 1. The number of aliphatic hydroxyl groups is 2. The fourth-order valence-corrected chi connectivity index (χ4v) is 2.90. The number of hydrogen-bond acceptors (Lipinski definition) is 3. The second-order valence-electron chi connectivity index (χ2n) is 7.12. The van der Waals surface area contributed by atoms with E-state index in [1.807, 2.05) is 48.5 Å². The van der Waals surface area contributed by atoms with Gasteiger partial charge in [0.05, 0.1) is 0 Å². The summed E-state index contributed by atoms with van der Waals surface area (Å²) in [4.78, 5) is 0. The maximum Gasteiger partial charge on any atom is 0.178 e. The van der Waals surface area contributed by atoms with Crippen molar-refractivity contribution in [3.63, 3.8) is 0 Å². The van der Waals surface area contributed by atoms with E-state index in [4.69, 9.17) is 14.9 Å². The predicted molar refractivity (Wildman–Crippen MR) is 113 cm³/mol. The topological polar surface area (TPSA) is 49.7 Å². The molecule has 0 amide bonds. The van der Waals surface area contributed by atoms with Crippen LogP contribution in [-0.2, 0) is 6.42 Å². The van der Waals surface area contributed by atoms with Crippen LogP contribution in [0.15, 0.2) is 78.9 Å². The quantitative estimate of drug-likeness (QED) is 0.511. The lowest BCUT2D eigenvalue weighted by atomic mass is 10.0. The minimum atomic E-state index is -1.43. The minimum absolute atomic E-state index is 0.489. The van der Waals surface area contributed by atoms with Gasteiger partial charge in [-0.3, -0.25) is 0 Å². The van der Waals surface area contributed by atoms with Gasteiger partial charge in [0.2, 0.25) is 0 Å². The molecule has 0 heterocycles. The standard InChI is InChI=1S/C25H26O3/c1-18(2)21-13-15-23(16-14-21)28-24-8-4-7-20(17-24)6-3-5-19-9-11-22(12-10-19)25(26)27/h3-5,7-18,25-27H,6H2,1-2H3/b5-3+. The van der Waals surface area contributed by atoms with E-state index < -0.39 is 6.29 Å². The van der Waals surface area contributed by atoms with Gasteiger partial charge in [0.25, 0.3) is 0 Å². The molecule has 0 radical (unpaired) electrons. The van der Waals surface area contributed by atoms with Gasteiger partial charge in [-0.25, -0.2) is 0 Å². The molecular formula is C25H26O3. The summed E-state index contributed by atoms with van der Waals surface area (Å²) in [7, 11) is 0. The molecular weight excluding hydrogens is 348 g/mol. The zero-order valence-electron chi connectivity index (χ0n) is 16.2. The van der Waals surface area contributed by atoms with Crippen molar-refractivity contribution in [1.82, 2.24) is 0 Å². The van der Waals surface area contributed by atoms with E-state index in [2.05, 4.69) is 38.1 Å². The van der Waals surface area contributed by atoms with E-state index in [1.54, 1.807) is 12.1 Å². The first-order valence-corrected chi connectivity index (χ1v) is 9.50. The summed E-state index contributed by atoms with van der Waals surface area (Å²) in [5.41, 5.74) is 3.97. The smallest absolute Gasteiger partial charge is 0.178 e. The summed E-state index contributed by atoms with van der Waals surface area (Å²) in [6.07, 6.45) is 3.46. The van der Waals surface area contributed by atoms with Crippen LogP contribution in [0.5, 0.6) is 11.5 Å². The van der Waals surface area contributed by atoms with Gasteiger partial charge >= 0.3 is 0 Å². The van der Waals surface area contributed by atoms with Crippen molar-refractivity contribution in [3.05, 3.63) is 101 Å². The Bertz CT molecular complexity index is 907. The lowest BCUT2D eigenvalue weighted by Crippen LogP contribution is -1.93. The van der Waals surface area contributed by atoms with E-state index in [0.29, 0.717) is 11.5 Å². The van der Waals surface area contributed by atoms with Crippen molar-refractivity contribution >= 4 is 6.08 Å². The molecule has 28 heavy (non-hydrogen) atoms. The highest BCUT2D eigenvalue weighted by Crippen LogP contribution is 2.25. The number of allylic oxidation sites excluding steroid dienone is 1. The highest BCUT2D eigenvalue weighted by molar-refractivity contribution is 5.50. The molecule has 0 spiro atoms. The Labute approximate surface area is 166 Å². The maximum absolute atomic E-state index is 9.13. The Kier molecular flexibility index (Phi) is 6.64. The zero-order chi connectivity index (χ0) is 19.9. The lowest BCUT2D eigenvalue weighted by Gasteiger charge is -2.09. The first kappa shape index (κ1) is 19.9. The lowest BCUT2D eigenvalue weighted by molar-refractivity contribution is -0.0424. The van der Waals surface area contributed by atoms with Crippen LogP contribution in [0.1, 0.15) is 48.3 Å². The molecule has 2 N–H and O–H groups in total. The number of benzene rings is 3.